The van der Waals surface area contributed by atoms with E-state index in [0.29, 0.717) is 6.42 Å². The molecule has 98 valence electrons. The lowest BCUT2D eigenvalue weighted by atomic mass is 10.1. The maximum absolute atomic E-state index is 12.0. The van der Waals surface area contributed by atoms with E-state index in [4.69, 9.17) is 11.6 Å². The van der Waals surface area contributed by atoms with Crippen molar-refractivity contribution in [1.29, 1.82) is 0 Å². The zero-order chi connectivity index (χ0) is 13.4. The quantitative estimate of drug-likeness (QED) is 0.743. The van der Waals surface area contributed by atoms with Gasteiger partial charge in [-0.2, -0.15) is 5.10 Å². The van der Waals surface area contributed by atoms with Crippen molar-refractivity contribution in [3.63, 3.8) is 0 Å². The molecule has 0 fully saturated rings. The van der Waals surface area contributed by atoms with Crippen molar-refractivity contribution in [2.75, 3.05) is 0 Å². The van der Waals surface area contributed by atoms with Gasteiger partial charge in [-0.15, -0.1) is 0 Å². The van der Waals surface area contributed by atoms with E-state index in [1.54, 1.807) is 6.20 Å². The number of aryl methyl sites for hydroxylation is 1. The third-order valence-electron chi connectivity index (χ3n) is 3.64. The van der Waals surface area contributed by atoms with Gasteiger partial charge in [0, 0.05) is 11.4 Å². The molecule has 1 aliphatic rings. The lowest BCUT2D eigenvalue weighted by Gasteiger charge is -2.08. The molecule has 0 unspecified atom stereocenters. The largest absolute Gasteiger partial charge is 0.294 e. The van der Waals surface area contributed by atoms with Gasteiger partial charge in [0.05, 0.1) is 23.1 Å². The fourth-order valence-corrected chi connectivity index (χ4v) is 2.67. The molecule has 0 saturated carbocycles. The lowest BCUT2D eigenvalue weighted by Crippen LogP contribution is -2.04. The zero-order valence-electron chi connectivity index (χ0n) is 10.8. The topological polar surface area (TPSA) is 34.9 Å². The van der Waals surface area contributed by atoms with Gasteiger partial charge in [-0.05, 0) is 43.9 Å². The molecule has 3 nitrogen and oxygen atoms in total. The van der Waals surface area contributed by atoms with Crippen LogP contribution < -0.4 is 0 Å². The molecule has 1 aromatic heterocycles. The van der Waals surface area contributed by atoms with E-state index in [1.165, 1.54) is 0 Å². The Kier molecular flexibility index (Phi) is 3.15. The Morgan fingerprint density at radius 1 is 1.26 bits per heavy atom. The maximum Gasteiger partial charge on any atom is 0.166 e. The Balaban J connectivity index is 2.11. The third-order valence-corrected chi connectivity index (χ3v) is 4.04. The third kappa shape index (κ3) is 2.19. The molecule has 19 heavy (non-hydrogen) atoms. The second kappa shape index (κ2) is 4.82. The minimum atomic E-state index is 0.206. The second-order valence-corrected chi connectivity index (χ2v) is 5.39. The highest BCUT2D eigenvalue weighted by Crippen LogP contribution is 2.25. The number of ketones is 1. The first-order chi connectivity index (χ1) is 9.16. The lowest BCUT2D eigenvalue weighted by molar-refractivity contribution is 0.0982. The van der Waals surface area contributed by atoms with E-state index in [9.17, 15) is 4.79 Å². The van der Waals surface area contributed by atoms with Gasteiger partial charge >= 0.3 is 0 Å². The molecule has 1 heterocycles. The fraction of sp³-hybridized carbons (Fsp3) is 0.333. The molecule has 0 spiro atoms. The number of hydrogen-bond acceptors (Lipinski definition) is 2. The molecule has 0 aliphatic heterocycles. The first-order valence-corrected chi connectivity index (χ1v) is 6.91. The summed E-state index contributed by atoms with van der Waals surface area (Å²) in [6.07, 6.45) is 5.21. The van der Waals surface area contributed by atoms with Gasteiger partial charge in [-0.25, -0.2) is 4.68 Å². The molecule has 2 aromatic rings. The molecule has 0 saturated heterocycles. The van der Waals surface area contributed by atoms with Crippen LogP contribution in [0.1, 0.15) is 40.9 Å². The van der Waals surface area contributed by atoms with Gasteiger partial charge in [0.15, 0.2) is 5.78 Å². The Morgan fingerprint density at radius 3 is 2.84 bits per heavy atom. The van der Waals surface area contributed by atoms with Gasteiger partial charge in [-0.3, -0.25) is 4.79 Å². The predicted octanol–water partition coefficient (Wildman–Crippen LogP) is 3.74. The summed E-state index contributed by atoms with van der Waals surface area (Å²) in [5.74, 6) is 0.206. The Morgan fingerprint density at radius 2 is 2.05 bits per heavy atom. The minimum absolute atomic E-state index is 0.206. The van der Waals surface area contributed by atoms with Crippen molar-refractivity contribution < 1.29 is 4.79 Å². The van der Waals surface area contributed by atoms with Crippen molar-refractivity contribution in [1.82, 2.24) is 9.78 Å². The summed E-state index contributed by atoms with van der Waals surface area (Å²) < 4.78 is 1.85. The monoisotopic (exact) mass is 274 g/mol. The SMILES string of the molecule is Cc1ccc(-n2ncc3c2CCCCC3=O)cc1Cl. The number of Topliss-reactive ketones (excluding diaryl/α,β-unsaturated/α-hetero) is 1. The van der Waals surface area contributed by atoms with Crippen LogP contribution in [0.15, 0.2) is 24.4 Å². The molecule has 1 aromatic carbocycles. The predicted molar refractivity (Wildman–Crippen MR) is 75.2 cm³/mol. The van der Waals surface area contributed by atoms with E-state index in [1.807, 2.05) is 29.8 Å². The molecule has 4 heteroatoms. The van der Waals surface area contributed by atoms with E-state index in [2.05, 4.69) is 5.10 Å². The number of halogens is 1. The van der Waals surface area contributed by atoms with Gasteiger partial charge < -0.3 is 0 Å². The number of benzene rings is 1. The van der Waals surface area contributed by atoms with Crippen molar-refractivity contribution >= 4 is 17.4 Å². The number of rotatable bonds is 1. The van der Waals surface area contributed by atoms with Crippen LogP contribution in [0.2, 0.25) is 5.02 Å². The molecule has 0 bridgehead atoms. The highest BCUT2D eigenvalue weighted by Gasteiger charge is 2.20. The van der Waals surface area contributed by atoms with Crippen LogP contribution in [0.25, 0.3) is 5.69 Å². The Labute approximate surface area is 117 Å². The van der Waals surface area contributed by atoms with Crippen LogP contribution in [0.5, 0.6) is 0 Å². The number of nitrogens with zero attached hydrogens (tertiary/aromatic N) is 2. The number of carbonyl (C=O) groups excluding carboxylic acids is 1. The van der Waals surface area contributed by atoms with E-state index < -0.39 is 0 Å². The highest BCUT2D eigenvalue weighted by molar-refractivity contribution is 6.31. The second-order valence-electron chi connectivity index (χ2n) is 4.98. The van der Waals surface area contributed by atoms with Crippen LogP contribution in [-0.2, 0) is 6.42 Å². The average Bonchev–Trinajstić information content (AvgIpc) is 2.73. The Hall–Kier alpha value is -1.61. The van der Waals surface area contributed by atoms with Gasteiger partial charge in [-0.1, -0.05) is 17.7 Å². The standard InChI is InChI=1S/C15H15ClN2O/c1-10-6-7-11(8-13(10)16)18-14-4-2-3-5-15(19)12(14)9-17-18/h6-9H,2-5H2,1H3. The number of hydrogen-bond donors (Lipinski definition) is 0. The van der Waals surface area contributed by atoms with Crippen molar-refractivity contribution in [3.05, 3.63) is 46.2 Å². The number of aromatic nitrogens is 2. The van der Waals surface area contributed by atoms with Crippen LogP contribution in [0, 0.1) is 6.92 Å². The summed E-state index contributed by atoms with van der Waals surface area (Å²) in [6.45, 7) is 1.97. The summed E-state index contributed by atoms with van der Waals surface area (Å²) in [7, 11) is 0. The minimum Gasteiger partial charge on any atom is -0.294 e. The Bertz CT molecular complexity index is 646. The zero-order valence-corrected chi connectivity index (χ0v) is 11.6. The summed E-state index contributed by atoms with van der Waals surface area (Å²) in [5, 5.41) is 5.09. The van der Waals surface area contributed by atoms with Crippen molar-refractivity contribution in [2.24, 2.45) is 0 Å². The first kappa shape index (κ1) is 12.4. The molecule has 0 atom stereocenters. The number of fused-ring (bicyclic) bond motifs is 1. The summed E-state index contributed by atoms with van der Waals surface area (Å²) >= 11 is 6.17. The molecular weight excluding hydrogens is 260 g/mol. The first-order valence-electron chi connectivity index (χ1n) is 6.53. The molecule has 0 amide bonds. The van der Waals surface area contributed by atoms with Crippen LogP contribution in [0.4, 0.5) is 0 Å². The van der Waals surface area contributed by atoms with Crippen LogP contribution in [0.3, 0.4) is 0 Å². The fourth-order valence-electron chi connectivity index (χ4n) is 2.50. The summed E-state index contributed by atoms with van der Waals surface area (Å²) in [4.78, 5) is 12.0. The van der Waals surface area contributed by atoms with Gasteiger partial charge in [0.2, 0.25) is 0 Å². The summed E-state index contributed by atoms with van der Waals surface area (Å²) in [6, 6.07) is 5.87. The van der Waals surface area contributed by atoms with E-state index >= 15 is 0 Å². The summed E-state index contributed by atoms with van der Waals surface area (Å²) in [5.41, 5.74) is 3.75. The van der Waals surface area contributed by atoms with Crippen LogP contribution >= 0.6 is 11.6 Å². The highest BCUT2D eigenvalue weighted by atomic mass is 35.5. The average molecular weight is 275 g/mol. The maximum atomic E-state index is 12.0. The molecular formula is C15H15ClN2O. The molecule has 3 rings (SSSR count). The smallest absolute Gasteiger partial charge is 0.166 e. The van der Waals surface area contributed by atoms with Crippen molar-refractivity contribution in [2.45, 2.75) is 32.6 Å². The van der Waals surface area contributed by atoms with E-state index in [0.717, 1.165) is 46.8 Å². The van der Waals surface area contributed by atoms with Crippen molar-refractivity contribution in [3.8, 4) is 5.69 Å². The van der Waals surface area contributed by atoms with E-state index in [-0.39, 0.29) is 5.78 Å². The molecule has 0 radical (unpaired) electrons. The molecule has 0 N–H and O–H groups in total. The van der Waals surface area contributed by atoms with Crippen LogP contribution in [-0.4, -0.2) is 15.6 Å². The molecule has 1 aliphatic carbocycles. The van der Waals surface area contributed by atoms with Gasteiger partial charge in [0.25, 0.3) is 0 Å². The normalized spacial score (nSPS) is 15.2. The number of carbonyl (C=O) groups is 1. The van der Waals surface area contributed by atoms with Gasteiger partial charge in [0.1, 0.15) is 0 Å².